The lowest BCUT2D eigenvalue weighted by molar-refractivity contribution is -0.143. The van der Waals surface area contributed by atoms with E-state index in [9.17, 15) is 18.0 Å². The van der Waals surface area contributed by atoms with E-state index in [1.807, 2.05) is 0 Å². The van der Waals surface area contributed by atoms with Crippen LogP contribution in [0.5, 0.6) is 0 Å². The van der Waals surface area contributed by atoms with Crippen LogP contribution in [0.15, 0.2) is 18.2 Å². The Morgan fingerprint density at radius 1 is 1.36 bits per heavy atom. The number of carbonyl (C=O) groups excluding carboxylic acids is 1. The van der Waals surface area contributed by atoms with E-state index in [2.05, 4.69) is 10.6 Å². The molecule has 0 bridgehead atoms. The van der Waals surface area contributed by atoms with Crippen LogP contribution in [0.3, 0.4) is 0 Å². The van der Waals surface area contributed by atoms with Crippen molar-refractivity contribution in [2.75, 3.05) is 32.0 Å². The number of amides is 2. The largest absolute Gasteiger partial charge is 0.401 e. The van der Waals surface area contributed by atoms with Crippen LogP contribution < -0.4 is 10.6 Å². The van der Waals surface area contributed by atoms with E-state index in [-0.39, 0.29) is 13.1 Å². The van der Waals surface area contributed by atoms with Crippen molar-refractivity contribution >= 4 is 23.3 Å². The second kappa shape index (κ2) is 8.24. The molecule has 22 heavy (non-hydrogen) atoms. The Morgan fingerprint density at radius 2 is 2.05 bits per heavy atom. The van der Waals surface area contributed by atoms with Gasteiger partial charge in [-0.1, -0.05) is 17.7 Å². The molecule has 0 fully saturated rings. The SMILES string of the molecule is Cc1c(Cl)cccc1NC(=O)NCCCN(C)CC(F)(F)F. The van der Waals surface area contributed by atoms with Crippen LogP contribution in [-0.2, 0) is 0 Å². The van der Waals surface area contributed by atoms with Crippen LogP contribution in [0.2, 0.25) is 5.02 Å². The lowest BCUT2D eigenvalue weighted by Gasteiger charge is -2.18. The van der Waals surface area contributed by atoms with Crippen molar-refractivity contribution in [3.05, 3.63) is 28.8 Å². The second-order valence-corrected chi connectivity index (χ2v) is 5.41. The molecule has 1 aromatic carbocycles. The molecule has 2 amide bonds. The zero-order valence-corrected chi connectivity index (χ0v) is 13.2. The summed E-state index contributed by atoms with van der Waals surface area (Å²) in [4.78, 5) is 12.9. The first-order chi connectivity index (χ1) is 10.2. The van der Waals surface area contributed by atoms with Gasteiger partial charge in [0.25, 0.3) is 0 Å². The summed E-state index contributed by atoms with van der Waals surface area (Å²) in [6, 6.07) is 4.75. The Morgan fingerprint density at radius 3 is 2.68 bits per heavy atom. The molecule has 0 aliphatic heterocycles. The second-order valence-electron chi connectivity index (χ2n) is 5.00. The number of halogens is 4. The molecule has 124 valence electrons. The Kier molecular flexibility index (Phi) is 6.96. The molecule has 0 saturated carbocycles. The quantitative estimate of drug-likeness (QED) is 0.778. The van der Waals surface area contributed by atoms with Gasteiger partial charge in [0.05, 0.1) is 6.54 Å². The van der Waals surface area contributed by atoms with E-state index in [1.165, 1.54) is 11.9 Å². The third-order valence-corrected chi connectivity index (χ3v) is 3.38. The van der Waals surface area contributed by atoms with Crippen molar-refractivity contribution < 1.29 is 18.0 Å². The van der Waals surface area contributed by atoms with Gasteiger partial charge < -0.3 is 10.6 Å². The summed E-state index contributed by atoms with van der Waals surface area (Å²) >= 11 is 5.94. The van der Waals surface area contributed by atoms with Gasteiger partial charge in [-0.25, -0.2) is 4.79 Å². The summed E-state index contributed by atoms with van der Waals surface area (Å²) in [5.41, 5.74) is 1.35. The number of benzene rings is 1. The molecule has 0 aliphatic rings. The maximum absolute atomic E-state index is 12.1. The lowest BCUT2D eigenvalue weighted by atomic mass is 10.2. The lowest BCUT2D eigenvalue weighted by Crippen LogP contribution is -2.35. The van der Waals surface area contributed by atoms with Crippen molar-refractivity contribution in [1.29, 1.82) is 0 Å². The highest BCUT2D eigenvalue weighted by Crippen LogP contribution is 2.22. The summed E-state index contributed by atoms with van der Waals surface area (Å²) < 4.78 is 36.4. The van der Waals surface area contributed by atoms with Crippen LogP contribution in [0.25, 0.3) is 0 Å². The molecule has 8 heteroatoms. The van der Waals surface area contributed by atoms with E-state index in [0.29, 0.717) is 17.1 Å². The third-order valence-electron chi connectivity index (χ3n) is 2.97. The van der Waals surface area contributed by atoms with Crippen molar-refractivity contribution in [3.8, 4) is 0 Å². The first kappa shape index (κ1) is 18.6. The number of hydrogen-bond acceptors (Lipinski definition) is 2. The Bertz CT molecular complexity index is 509. The number of urea groups is 1. The van der Waals surface area contributed by atoms with E-state index in [4.69, 9.17) is 11.6 Å². The molecule has 1 rings (SSSR count). The zero-order valence-electron chi connectivity index (χ0n) is 12.4. The summed E-state index contributed by atoms with van der Waals surface area (Å²) in [5, 5.41) is 5.79. The normalized spacial score (nSPS) is 11.6. The molecular formula is C14H19ClF3N3O. The van der Waals surface area contributed by atoms with Gasteiger partial charge in [-0.2, -0.15) is 13.2 Å². The maximum atomic E-state index is 12.1. The van der Waals surface area contributed by atoms with Gasteiger partial charge in [0.2, 0.25) is 0 Å². The molecule has 4 nitrogen and oxygen atoms in total. The van der Waals surface area contributed by atoms with Crippen molar-refractivity contribution in [1.82, 2.24) is 10.2 Å². The molecule has 0 aliphatic carbocycles. The zero-order chi connectivity index (χ0) is 16.8. The molecule has 0 aromatic heterocycles. The van der Waals surface area contributed by atoms with Gasteiger partial charge in [0.15, 0.2) is 0 Å². The first-order valence-electron chi connectivity index (χ1n) is 6.74. The molecule has 0 unspecified atom stereocenters. The molecule has 0 heterocycles. The monoisotopic (exact) mass is 337 g/mol. The van der Waals surface area contributed by atoms with Gasteiger partial charge in [0.1, 0.15) is 0 Å². The third kappa shape index (κ3) is 7.00. The molecule has 0 spiro atoms. The number of hydrogen-bond donors (Lipinski definition) is 2. The Labute approximate surface area is 132 Å². The Hall–Kier alpha value is -1.47. The van der Waals surface area contributed by atoms with E-state index >= 15 is 0 Å². The van der Waals surface area contributed by atoms with E-state index in [1.54, 1.807) is 25.1 Å². The highest BCUT2D eigenvalue weighted by Gasteiger charge is 2.28. The number of nitrogens with one attached hydrogen (secondary N) is 2. The molecule has 0 saturated heterocycles. The molecule has 1 aromatic rings. The van der Waals surface area contributed by atoms with Gasteiger partial charge in [0, 0.05) is 17.3 Å². The number of alkyl halides is 3. The fourth-order valence-electron chi connectivity index (χ4n) is 1.85. The predicted molar refractivity (Wildman–Crippen MR) is 81.4 cm³/mol. The number of carbonyl (C=O) groups is 1. The van der Waals surface area contributed by atoms with E-state index < -0.39 is 18.8 Å². The fourth-order valence-corrected chi connectivity index (χ4v) is 2.02. The summed E-state index contributed by atoms with van der Waals surface area (Å²) in [6.45, 7) is 1.36. The van der Waals surface area contributed by atoms with Gasteiger partial charge >= 0.3 is 12.2 Å². The first-order valence-corrected chi connectivity index (χ1v) is 7.12. The van der Waals surface area contributed by atoms with Gasteiger partial charge in [-0.15, -0.1) is 0 Å². The topological polar surface area (TPSA) is 44.4 Å². The van der Waals surface area contributed by atoms with Crippen molar-refractivity contribution in [2.45, 2.75) is 19.5 Å². The van der Waals surface area contributed by atoms with Crippen LogP contribution in [0.1, 0.15) is 12.0 Å². The molecule has 2 N–H and O–H groups in total. The molecule has 0 atom stereocenters. The summed E-state index contributed by atoms with van der Waals surface area (Å²) in [5.74, 6) is 0. The van der Waals surface area contributed by atoms with Crippen LogP contribution >= 0.6 is 11.6 Å². The minimum atomic E-state index is -4.20. The van der Waals surface area contributed by atoms with Gasteiger partial charge in [-0.05, 0) is 44.6 Å². The number of nitrogens with zero attached hydrogens (tertiary/aromatic N) is 1. The van der Waals surface area contributed by atoms with Crippen molar-refractivity contribution in [2.24, 2.45) is 0 Å². The Balaban J connectivity index is 2.28. The van der Waals surface area contributed by atoms with Crippen LogP contribution in [0, 0.1) is 6.92 Å². The van der Waals surface area contributed by atoms with Crippen molar-refractivity contribution in [3.63, 3.8) is 0 Å². The number of anilines is 1. The highest BCUT2D eigenvalue weighted by molar-refractivity contribution is 6.31. The standard InChI is InChI=1S/C14H19ClF3N3O/c1-10-11(15)5-3-6-12(10)20-13(22)19-7-4-8-21(2)9-14(16,17)18/h3,5-6H,4,7-9H2,1-2H3,(H2,19,20,22). The average molecular weight is 338 g/mol. The van der Waals surface area contributed by atoms with Crippen LogP contribution in [-0.4, -0.2) is 43.8 Å². The fraction of sp³-hybridized carbons (Fsp3) is 0.500. The average Bonchev–Trinajstić information content (AvgIpc) is 2.38. The van der Waals surface area contributed by atoms with Gasteiger partial charge in [-0.3, -0.25) is 4.90 Å². The van der Waals surface area contributed by atoms with E-state index in [0.717, 1.165) is 5.56 Å². The highest BCUT2D eigenvalue weighted by atomic mass is 35.5. The summed E-state index contributed by atoms with van der Waals surface area (Å²) in [7, 11) is 1.39. The summed E-state index contributed by atoms with van der Waals surface area (Å²) in [6.07, 6.45) is -3.78. The minimum absolute atomic E-state index is 0.246. The maximum Gasteiger partial charge on any atom is 0.401 e. The minimum Gasteiger partial charge on any atom is -0.338 e. The molecular weight excluding hydrogens is 319 g/mol. The number of rotatable bonds is 6. The van der Waals surface area contributed by atoms with Crippen LogP contribution in [0.4, 0.5) is 23.7 Å². The predicted octanol–water partition coefficient (Wildman–Crippen LogP) is 3.65. The molecule has 0 radical (unpaired) electrons. The smallest absolute Gasteiger partial charge is 0.338 e.